The Morgan fingerprint density at radius 1 is 1.06 bits per heavy atom. The molecule has 0 aliphatic rings. The minimum atomic E-state index is -3.75. The largest absolute Gasteiger partial charge is 0.497 e. The molecule has 2 amide bonds. The van der Waals surface area contributed by atoms with Crippen LogP contribution >= 0.6 is 0 Å². The van der Waals surface area contributed by atoms with Crippen molar-refractivity contribution in [1.29, 1.82) is 0 Å². The SMILES string of the molecule is CCCCNC(=O)[C@@H](C)N(Cc1ccc(OC)cc1)C(=O)CN(c1ccc(C)c(C)c1)S(C)(=O)=O. The first kappa shape index (κ1) is 28.2. The second kappa shape index (κ2) is 12.6. The van der Waals surface area contributed by atoms with Crippen LogP contribution in [0.25, 0.3) is 0 Å². The molecule has 35 heavy (non-hydrogen) atoms. The summed E-state index contributed by atoms with van der Waals surface area (Å²) in [5, 5.41) is 2.87. The summed E-state index contributed by atoms with van der Waals surface area (Å²) in [5.74, 6) is -0.0741. The topological polar surface area (TPSA) is 96.0 Å². The number of hydrogen-bond acceptors (Lipinski definition) is 5. The number of aryl methyl sites for hydroxylation is 2. The number of rotatable bonds is 12. The van der Waals surface area contributed by atoms with Gasteiger partial charge in [0.05, 0.1) is 19.1 Å². The van der Waals surface area contributed by atoms with E-state index in [-0.39, 0.29) is 12.5 Å². The smallest absolute Gasteiger partial charge is 0.244 e. The fourth-order valence-electron chi connectivity index (χ4n) is 3.54. The maximum atomic E-state index is 13.5. The highest BCUT2D eigenvalue weighted by Gasteiger charge is 2.30. The summed E-state index contributed by atoms with van der Waals surface area (Å²) in [7, 11) is -2.18. The number of sulfonamides is 1. The highest BCUT2D eigenvalue weighted by Crippen LogP contribution is 2.22. The lowest BCUT2D eigenvalue weighted by molar-refractivity contribution is -0.139. The third kappa shape index (κ3) is 7.99. The molecule has 0 aromatic heterocycles. The number of nitrogens with one attached hydrogen (secondary N) is 1. The van der Waals surface area contributed by atoms with Gasteiger partial charge >= 0.3 is 0 Å². The Balaban J connectivity index is 2.36. The molecule has 0 aliphatic heterocycles. The fourth-order valence-corrected chi connectivity index (χ4v) is 4.38. The third-order valence-corrected chi connectivity index (χ3v) is 7.11. The molecule has 1 N–H and O–H groups in total. The van der Waals surface area contributed by atoms with Crippen LogP contribution in [0.5, 0.6) is 5.75 Å². The van der Waals surface area contributed by atoms with Crippen LogP contribution in [0.1, 0.15) is 43.4 Å². The van der Waals surface area contributed by atoms with E-state index >= 15 is 0 Å². The number of carbonyl (C=O) groups excluding carboxylic acids is 2. The van der Waals surface area contributed by atoms with Gasteiger partial charge in [-0.2, -0.15) is 0 Å². The Morgan fingerprint density at radius 2 is 1.71 bits per heavy atom. The zero-order chi connectivity index (χ0) is 26.2. The molecule has 1 atom stereocenters. The van der Waals surface area contributed by atoms with E-state index in [2.05, 4.69) is 5.32 Å². The first-order chi connectivity index (χ1) is 16.5. The molecule has 0 spiro atoms. The van der Waals surface area contributed by atoms with E-state index < -0.39 is 28.5 Å². The average molecular weight is 504 g/mol. The van der Waals surface area contributed by atoms with E-state index in [0.717, 1.165) is 40.1 Å². The molecule has 0 unspecified atom stereocenters. The molecule has 2 rings (SSSR count). The van der Waals surface area contributed by atoms with E-state index in [1.54, 1.807) is 38.3 Å². The molecule has 8 nitrogen and oxygen atoms in total. The molecule has 192 valence electrons. The molecule has 0 saturated carbocycles. The van der Waals surface area contributed by atoms with Crippen molar-refractivity contribution in [2.45, 2.75) is 53.1 Å². The Morgan fingerprint density at radius 3 is 2.26 bits per heavy atom. The predicted octanol–water partition coefficient (Wildman–Crippen LogP) is 3.41. The van der Waals surface area contributed by atoms with Gasteiger partial charge in [0.2, 0.25) is 21.8 Å². The molecular weight excluding hydrogens is 466 g/mol. The number of unbranched alkanes of at least 4 members (excludes halogenated alkanes) is 1. The zero-order valence-electron chi connectivity index (χ0n) is 21.5. The second-order valence-electron chi connectivity index (χ2n) is 8.73. The van der Waals surface area contributed by atoms with Crippen molar-refractivity contribution in [1.82, 2.24) is 10.2 Å². The molecular formula is C26H37N3O5S. The van der Waals surface area contributed by atoms with E-state index in [1.165, 1.54) is 4.90 Å². The number of hydrogen-bond donors (Lipinski definition) is 1. The maximum Gasteiger partial charge on any atom is 0.244 e. The van der Waals surface area contributed by atoms with Gasteiger partial charge in [-0.3, -0.25) is 13.9 Å². The van der Waals surface area contributed by atoms with Gasteiger partial charge in [-0.1, -0.05) is 31.5 Å². The van der Waals surface area contributed by atoms with E-state index in [1.807, 2.05) is 39.0 Å². The standard InChI is InChI=1S/C26H37N3O5S/c1-7-8-15-27-26(31)21(4)28(17-22-10-13-24(34-5)14-11-22)25(30)18-29(35(6,32)33)23-12-9-19(2)20(3)16-23/h9-14,16,21H,7-8,15,17-18H2,1-6H3,(H,27,31)/t21-/m1/s1. The van der Waals surface area contributed by atoms with Crippen LogP contribution in [-0.4, -0.2) is 57.6 Å². The van der Waals surface area contributed by atoms with Gasteiger partial charge in [-0.25, -0.2) is 8.42 Å². The average Bonchev–Trinajstić information content (AvgIpc) is 2.82. The van der Waals surface area contributed by atoms with Crippen molar-refractivity contribution in [3.63, 3.8) is 0 Å². The van der Waals surface area contributed by atoms with Crippen LogP contribution in [0.3, 0.4) is 0 Å². The Bertz CT molecular complexity index is 1120. The molecule has 2 aromatic carbocycles. The number of amides is 2. The summed E-state index contributed by atoms with van der Waals surface area (Å²) < 4.78 is 31.6. The van der Waals surface area contributed by atoms with Crippen LogP contribution < -0.4 is 14.4 Å². The summed E-state index contributed by atoms with van der Waals surface area (Å²) in [6.45, 7) is 7.76. The molecule has 0 fully saturated rings. The van der Waals surface area contributed by atoms with Crippen LogP contribution in [0, 0.1) is 13.8 Å². The van der Waals surface area contributed by atoms with Crippen molar-refractivity contribution >= 4 is 27.5 Å². The van der Waals surface area contributed by atoms with Gasteiger partial charge in [0.15, 0.2) is 0 Å². The lowest BCUT2D eigenvalue weighted by atomic mass is 10.1. The Hall–Kier alpha value is -3.07. The normalized spacial score (nSPS) is 12.1. The molecule has 0 radical (unpaired) electrons. The monoisotopic (exact) mass is 503 g/mol. The van der Waals surface area contributed by atoms with Gasteiger partial charge in [0.25, 0.3) is 0 Å². The van der Waals surface area contributed by atoms with Crippen LogP contribution in [-0.2, 0) is 26.2 Å². The summed E-state index contributed by atoms with van der Waals surface area (Å²) in [4.78, 5) is 27.8. The van der Waals surface area contributed by atoms with E-state index in [9.17, 15) is 18.0 Å². The summed E-state index contributed by atoms with van der Waals surface area (Å²) in [6, 6.07) is 11.7. The number of carbonyl (C=O) groups is 2. The number of ether oxygens (including phenoxy) is 1. The summed E-state index contributed by atoms with van der Waals surface area (Å²) in [6.07, 6.45) is 2.84. The number of methoxy groups -OCH3 is 1. The van der Waals surface area contributed by atoms with Gasteiger partial charge in [0.1, 0.15) is 18.3 Å². The minimum absolute atomic E-state index is 0.149. The molecule has 9 heteroatoms. The van der Waals surface area contributed by atoms with Crippen LogP contribution in [0.15, 0.2) is 42.5 Å². The third-order valence-electron chi connectivity index (χ3n) is 5.97. The van der Waals surface area contributed by atoms with Crippen molar-refractivity contribution in [3.05, 3.63) is 59.2 Å². The van der Waals surface area contributed by atoms with Crippen molar-refractivity contribution < 1.29 is 22.7 Å². The lowest BCUT2D eigenvalue weighted by Gasteiger charge is -2.31. The minimum Gasteiger partial charge on any atom is -0.497 e. The van der Waals surface area contributed by atoms with E-state index in [0.29, 0.717) is 18.0 Å². The first-order valence-electron chi connectivity index (χ1n) is 11.7. The Kier molecular flexibility index (Phi) is 10.1. The lowest BCUT2D eigenvalue weighted by Crippen LogP contribution is -2.51. The van der Waals surface area contributed by atoms with Crippen molar-refractivity contribution in [3.8, 4) is 5.75 Å². The van der Waals surface area contributed by atoms with E-state index in [4.69, 9.17) is 4.74 Å². The maximum absolute atomic E-state index is 13.5. The number of nitrogens with zero attached hydrogens (tertiary/aromatic N) is 2. The molecule has 2 aromatic rings. The predicted molar refractivity (Wildman–Crippen MR) is 139 cm³/mol. The highest BCUT2D eigenvalue weighted by atomic mass is 32.2. The van der Waals surface area contributed by atoms with Gasteiger partial charge in [-0.15, -0.1) is 0 Å². The Labute approximate surface area is 209 Å². The van der Waals surface area contributed by atoms with Gasteiger partial charge in [0, 0.05) is 13.1 Å². The quantitative estimate of drug-likeness (QED) is 0.448. The van der Waals surface area contributed by atoms with Crippen molar-refractivity contribution in [2.75, 3.05) is 30.8 Å². The van der Waals surface area contributed by atoms with Crippen molar-refractivity contribution in [2.24, 2.45) is 0 Å². The molecule has 0 heterocycles. The fraction of sp³-hybridized carbons (Fsp3) is 0.462. The number of benzene rings is 2. The van der Waals surface area contributed by atoms with Gasteiger partial charge in [-0.05, 0) is 68.1 Å². The second-order valence-corrected chi connectivity index (χ2v) is 10.6. The highest BCUT2D eigenvalue weighted by molar-refractivity contribution is 7.92. The van der Waals surface area contributed by atoms with Crippen LogP contribution in [0.4, 0.5) is 5.69 Å². The van der Waals surface area contributed by atoms with Crippen LogP contribution in [0.2, 0.25) is 0 Å². The summed E-state index contributed by atoms with van der Waals surface area (Å²) >= 11 is 0. The molecule has 0 saturated heterocycles. The van der Waals surface area contributed by atoms with Gasteiger partial charge < -0.3 is 15.0 Å². The molecule has 0 bridgehead atoms. The first-order valence-corrected chi connectivity index (χ1v) is 13.6. The molecule has 0 aliphatic carbocycles. The summed E-state index contributed by atoms with van der Waals surface area (Å²) in [5.41, 5.74) is 3.15. The number of anilines is 1. The zero-order valence-corrected chi connectivity index (χ0v) is 22.3.